The van der Waals surface area contributed by atoms with Gasteiger partial charge in [-0.1, -0.05) is 65.7 Å². The highest BCUT2D eigenvalue weighted by molar-refractivity contribution is 6.44. The van der Waals surface area contributed by atoms with Crippen molar-refractivity contribution < 1.29 is 4.79 Å². The fraction of sp³-hybridized carbons (Fsp3) is 0.0625. The van der Waals surface area contributed by atoms with E-state index in [2.05, 4.69) is 0 Å². The first-order valence-corrected chi connectivity index (χ1v) is 6.71. The third-order valence-corrected chi connectivity index (χ3v) is 4.09. The van der Waals surface area contributed by atoms with Gasteiger partial charge in [-0.25, -0.2) is 0 Å². The highest BCUT2D eigenvalue weighted by Crippen LogP contribution is 2.34. The molecule has 0 amide bonds. The van der Waals surface area contributed by atoms with Crippen molar-refractivity contribution >= 4 is 34.6 Å². The Kier molecular flexibility index (Phi) is 3.17. The standard InChI is InChI=1S/C16H10Cl2O/c17-14-7-3-6-12(15(14)18)13-9-8-10-4-1-2-5-11(10)16(13)19/h1-7,9H,8H2. The number of Topliss-reactive ketones (excluding diaryl/α,β-unsaturated/α-hetero) is 1. The predicted molar refractivity (Wildman–Crippen MR) is 78.9 cm³/mol. The summed E-state index contributed by atoms with van der Waals surface area (Å²) in [5.74, 6) is 0.00557. The van der Waals surface area contributed by atoms with Crippen molar-refractivity contribution in [1.82, 2.24) is 0 Å². The van der Waals surface area contributed by atoms with Gasteiger partial charge in [0.05, 0.1) is 10.0 Å². The molecule has 3 heteroatoms. The Morgan fingerprint density at radius 1 is 0.895 bits per heavy atom. The van der Waals surface area contributed by atoms with E-state index in [0.29, 0.717) is 21.2 Å². The van der Waals surface area contributed by atoms with E-state index in [1.165, 1.54) is 0 Å². The van der Waals surface area contributed by atoms with Crippen molar-refractivity contribution in [2.24, 2.45) is 0 Å². The van der Waals surface area contributed by atoms with E-state index in [9.17, 15) is 4.79 Å². The molecule has 2 aromatic carbocycles. The Hall–Kier alpha value is -1.57. The van der Waals surface area contributed by atoms with Gasteiger partial charge in [-0.3, -0.25) is 4.79 Å². The van der Waals surface area contributed by atoms with Crippen molar-refractivity contribution in [2.45, 2.75) is 6.42 Å². The van der Waals surface area contributed by atoms with Crippen molar-refractivity contribution in [3.63, 3.8) is 0 Å². The number of rotatable bonds is 1. The lowest BCUT2D eigenvalue weighted by Gasteiger charge is -2.17. The van der Waals surface area contributed by atoms with Crippen LogP contribution < -0.4 is 0 Å². The molecule has 0 saturated heterocycles. The van der Waals surface area contributed by atoms with Gasteiger partial charge in [-0.2, -0.15) is 0 Å². The zero-order chi connectivity index (χ0) is 13.4. The lowest BCUT2D eigenvalue weighted by Crippen LogP contribution is -2.11. The molecule has 0 radical (unpaired) electrons. The van der Waals surface area contributed by atoms with Crippen molar-refractivity contribution in [3.05, 3.63) is 75.3 Å². The van der Waals surface area contributed by atoms with E-state index in [1.54, 1.807) is 12.1 Å². The summed E-state index contributed by atoms with van der Waals surface area (Å²) in [6.07, 6.45) is 2.66. The molecule has 0 bridgehead atoms. The molecule has 0 saturated carbocycles. The second-order valence-corrected chi connectivity index (χ2v) is 5.19. The van der Waals surface area contributed by atoms with Gasteiger partial charge >= 0.3 is 0 Å². The normalized spacial score (nSPS) is 14.0. The van der Waals surface area contributed by atoms with Gasteiger partial charge in [0.15, 0.2) is 5.78 Å². The number of allylic oxidation sites excluding steroid dienone is 2. The fourth-order valence-electron chi connectivity index (χ4n) is 2.31. The number of hydrogen-bond donors (Lipinski definition) is 0. The number of hydrogen-bond acceptors (Lipinski definition) is 1. The van der Waals surface area contributed by atoms with Gasteiger partial charge in [0.25, 0.3) is 0 Å². The number of fused-ring (bicyclic) bond motifs is 1. The van der Waals surface area contributed by atoms with Crippen LogP contribution >= 0.6 is 23.2 Å². The van der Waals surface area contributed by atoms with Crippen LogP contribution in [-0.2, 0) is 6.42 Å². The van der Waals surface area contributed by atoms with Gasteiger partial charge in [-0.05, 0) is 18.1 Å². The quantitative estimate of drug-likeness (QED) is 0.736. The Morgan fingerprint density at radius 3 is 2.47 bits per heavy atom. The summed E-state index contributed by atoms with van der Waals surface area (Å²) in [6, 6.07) is 13.0. The topological polar surface area (TPSA) is 17.1 Å². The third-order valence-electron chi connectivity index (χ3n) is 3.27. The van der Waals surface area contributed by atoms with Crippen LogP contribution in [0.4, 0.5) is 0 Å². The van der Waals surface area contributed by atoms with Gasteiger partial charge in [-0.15, -0.1) is 0 Å². The first-order valence-electron chi connectivity index (χ1n) is 5.95. The molecule has 0 aromatic heterocycles. The molecule has 0 atom stereocenters. The van der Waals surface area contributed by atoms with E-state index in [-0.39, 0.29) is 5.78 Å². The molecule has 0 heterocycles. The Labute approximate surface area is 121 Å². The van der Waals surface area contributed by atoms with E-state index >= 15 is 0 Å². The maximum absolute atomic E-state index is 12.5. The number of ketones is 1. The van der Waals surface area contributed by atoms with Crippen LogP contribution in [0.15, 0.2) is 48.5 Å². The molecular weight excluding hydrogens is 279 g/mol. The number of halogens is 2. The molecule has 19 heavy (non-hydrogen) atoms. The summed E-state index contributed by atoms with van der Waals surface area (Å²) in [5, 5.41) is 0.898. The van der Waals surface area contributed by atoms with Crippen molar-refractivity contribution in [2.75, 3.05) is 0 Å². The summed E-state index contributed by atoms with van der Waals surface area (Å²) >= 11 is 12.2. The largest absolute Gasteiger partial charge is 0.289 e. The first kappa shape index (κ1) is 12.5. The van der Waals surface area contributed by atoms with Gasteiger partial charge in [0.2, 0.25) is 0 Å². The summed E-state index contributed by atoms with van der Waals surface area (Å²) in [5.41, 5.74) is 3.13. The average molecular weight is 289 g/mol. The molecule has 0 spiro atoms. The lowest BCUT2D eigenvalue weighted by molar-refractivity contribution is 0.105. The van der Waals surface area contributed by atoms with Gasteiger partial charge < -0.3 is 0 Å². The number of benzene rings is 2. The highest BCUT2D eigenvalue weighted by Gasteiger charge is 2.23. The van der Waals surface area contributed by atoms with Gasteiger partial charge in [0, 0.05) is 16.7 Å². The predicted octanol–water partition coefficient (Wildman–Crippen LogP) is 4.82. The second-order valence-electron chi connectivity index (χ2n) is 4.41. The van der Waals surface area contributed by atoms with Crippen molar-refractivity contribution in [3.8, 4) is 0 Å². The SMILES string of the molecule is O=C1C(c2cccc(Cl)c2Cl)=CCc2ccccc21. The van der Waals surface area contributed by atoms with Crippen LogP contribution in [0.1, 0.15) is 21.5 Å². The first-order chi connectivity index (χ1) is 9.18. The molecule has 0 fully saturated rings. The maximum Gasteiger partial charge on any atom is 0.193 e. The Bertz CT molecular complexity index is 702. The number of carbonyl (C=O) groups excluding carboxylic acids is 1. The van der Waals surface area contributed by atoms with Crippen LogP contribution in [-0.4, -0.2) is 5.78 Å². The van der Waals surface area contributed by atoms with E-state index < -0.39 is 0 Å². The van der Waals surface area contributed by atoms with E-state index in [4.69, 9.17) is 23.2 Å². The summed E-state index contributed by atoms with van der Waals surface area (Å²) < 4.78 is 0. The Morgan fingerprint density at radius 2 is 1.63 bits per heavy atom. The van der Waals surface area contributed by atoms with E-state index in [0.717, 1.165) is 17.5 Å². The lowest BCUT2D eigenvalue weighted by atomic mass is 9.87. The minimum absolute atomic E-state index is 0.00557. The van der Waals surface area contributed by atoms with Gasteiger partial charge in [0.1, 0.15) is 0 Å². The Balaban J connectivity index is 2.12. The van der Waals surface area contributed by atoms with Crippen LogP contribution in [0.2, 0.25) is 10.0 Å². The fourth-order valence-corrected chi connectivity index (χ4v) is 2.72. The molecule has 0 unspecified atom stereocenters. The molecule has 1 aliphatic rings. The molecule has 1 aliphatic carbocycles. The number of carbonyl (C=O) groups is 1. The molecule has 3 rings (SSSR count). The third kappa shape index (κ3) is 2.09. The molecule has 1 nitrogen and oxygen atoms in total. The average Bonchev–Trinajstić information content (AvgIpc) is 2.43. The van der Waals surface area contributed by atoms with Crippen LogP contribution in [0.25, 0.3) is 5.57 Å². The molecule has 2 aromatic rings. The monoisotopic (exact) mass is 288 g/mol. The van der Waals surface area contributed by atoms with E-state index in [1.807, 2.05) is 36.4 Å². The van der Waals surface area contributed by atoms with Crippen molar-refractivity contribution in [1.29, 1.82) is 0 Å². The zero-order valence-electron chi connectivity index (χ0n) is 9.99. The van der Waals surface area contributed by atoms with Crippen LogP contribution in [0.5, 0.6) is 0 Å². The van der Waals surface area contributed by atoms with Crippen LogP contribution in [0, 0.1) is 0 Å². The summed E-state index contributed by atoms with van der Waals surface area (Å²) in [6.45, 7) is 0. The second kappa shape index (κ2) is 4.84. The minimum Gasteiger partial charge on any atom is -0.289 e. The smallest absolute Gasteiger partial charge is 0.193 e. The molecular formula is C16H10Cl2O. The highest BCUT2D eigenvalue weighted by atomic mass is 35.5. The van der Waals surface area contributed by atoms with Crippen LogP contribution in [0.3, 0.4) is 0 Å². The molecule has 94 valence electrons. The zero-order valence-corrected chi connectivity index (χ0v) is 11.5. The molecule has 0 N–H and O–H groups in total. The minimum atomic E-state index is 0.00557. The summed E-state index contributed by atoms with van der Waals surface area (Å²) in [4.78, 5) is 12.5. The summed E-state index contributed by atoms with van der Waals surface area (Å²) in [7, 11) is 0. The maximum atomic E-state index is 12.5. The molecule has 0 aliphatic heterocycles.